The zero-order valence-electron chi connectivity index (χ0n) is 8.49. The van der Waals surface area contributed by atoms with Gasteiger partial charge in [0.15, 0.2) is 0 Å². The maximum atomic E-state index is 5.73. The standard InChI is InChI=1S/C11H16N2S/c1-8-10(12)6-7-11(13-8)14-9-4-2-3-5-9/h6-7,9H,2-5,12H2,1H3. The van der Waals surface area contributed by atoms with Crippen LogP contribution in [0.5, 0.6) is 0 Å². The van der Waals surface area contributed by atoms with Gasteiger partial charge >= 0.3 is 0 Å². The van der Waals surface area contributed by atoms with E-state index in [1.54, 1.807) is 0 Å². The van der Waals surface area contributed by atoms with Gasteiger partial charge < -0.3 is 5.73 Å². The highest BCUT2D eigenvalue weighted by Gasteiger charge is 2.16. The molecule has 1 fully saturated rings. The lowest BCUT2D eigenvalue weighted by Gasteiger charge is -2.08. The minimum atomic E-state index is 0.783. The summed E-state index contributed by atoms with van der Waals surface area (Å²) in [5, 5.41) is 1.91. The van der Waals surface area contributed by atoms with Crippen LogP contribution >= 0.6 is 11.8 Å². The van der Waals surface area contributed by atoms with Crippen molar-refractivity contribution >= 4 is 17.4 Å². The molecule has 1 heterocycles. The van der Waals surface area contributed by atoms with Gasteiger partial charge in [0, 0.05) is 5.25 Å². The Kier molecular flexibility index (Phi) is 2.96. The van der Waals surface area contributed by atoms with Crippen molar-refractivity contribution in [2.75, 3.05) is 5.73 Å². The van der Waals surface area contributed by atoms with Crippen LogP contribution in [-0.2, 0) is 0 Å². The number of anilines is 1. The Hall–Kier alpha value is -0.700. The molecule has 0 bridgehead atoms. The molecular formula is C11H16N2S. The second-order valence-electron chi connectivity index (χ2n) is 3.85. The van der Waals surface area contributed by atoms with E-state index in [0.717, 1.165) is 21.7 Å². The van der Waals surface area contributed by atoms with Crippen molar-refractivity contribution < 1.29 is 0 Å². The molecule has 1 aliphatic carbocycles. The smallest absolute Gasteiger partial charge is 0.0967 e. The molecule has 1 saturated carbocycles. The summed E-state index contributed by atoms with van der Waals surface area (Å²) < 4.78 is 0. The van der Waals surface area contributed by atoms with Gasteiger partial charge in [-0.25, -0.2) is 4.98 Å². The third kappa shape index (κ3) is 2.21. The van der Waals surface area contributed by atoms with Gasteiger partial charge in [-0.05, 0) is 31.9 Å². The largest absolute Gasteiger partial charge is 0.397 e. The Bertz CT molecular complexity index is 319. The summed E-state index contributed by atoms with van der Waals surface area (Å²) in [4.78, 5) is 4.47. The van der Waals surface area contributed by atoms with E-state index in [4.69, 9.17) is 5.73 Å². The number of rotatable bonds is 2. The van der Waals surface area contributed by atoms with E-state index in [2.05, 4.69) is 4.98 Å². The van der Waals surface area contributed by atoms with E-state index in [1.165, 1.54) is 25.7 Å². The predicted molar refractivity (Wildman–Crippen MR) is 61.5 cm³/mol. The minimum absolute atomic E-state index is 0.783. The van der Waals surface area contributed by atoms with Crippen molar-refractivity contribution in [3.63, 3.8) is 0 Å². The van der Waals surface area contributed by atoms with E-state index in [0.29, 0.717) is 0 Å². The van der Waals surface area contributed by atoms with Gasteiger partial charge in [0.2, 0.25) is 0 Å². The molecule has 2 N–H and O–H groups in total. The molecule has 0 amide bonds. The first-order valence-electron chi connectivity index (χ1n) is 5.15. The normalized spacial score (nSPS) is 17.5. The summed E-state index contributed by atoms with van der Waals surface area (Å²) in [5.74, 6) is 0. The fraction of sp³-hybridized carbons (Fsp3) is 0.545. The lowest BCUT2D eigenvalue weighted by Crippen LogP contribution is -1.97. The summed E-state index contributed by atoms with van der Waals surface area (Å²) in [6.07, 6.45) is 5.45. The Morgan fingerprint density at radius 3 is 2.71 bits per heavy atom. The highest BCUT2D eigenvalue weighted by molar-refractivity contribution is 7.99. The molecular weight excluding hydrogens is 192 g/mol. The quantitative estimate of drug-likeness (QED) is 0.812. The summed E-state index contributed by atoms with van der Waals surface area (Å²) in [6.45, 7) is 1.97. The first-order chi connectivity index (χ1) is 6.75. The van der Waals surface area contributed by atoms with Crippen LogP contribution in [0.15, 0.2) is 17.2 Å². The van der Waals surface area contributed by atoms with Gasteiger partial charge in [0.25, 0.3) is 0 Å². The van der Waals surface area contributed by atoms with Gasteiger partial charge in [-0.2, -0.15) is 0 Å². The molecule has 1 aliphatic rings. The molecule has 14 heavy (non-hydrogen) atoms. The molecule has 76 valence electrons. The van der Waals surface area contributed by atoms with Crippen molar-refractivity contribution in [3.8, 4) is 0 Å². The Balaban J connectivity index is 2.05. The molecule has 2 rings (SSSR count). The second kappa shape index (κ2) is 4.22. The van der Waals surface area contributed by atoms with Crippen LogP contribution in [0, 0.1) is 6.92 Å². The lowest BCUT2D eigenvalue weighted by molar-refractivity contribution is 0.886. The van der Waals surface area contributed by atoms with Crippen LogP contribution < -0.4 is 5.73 Å². The van der Waals surface area contributed by atoms with E-state index in [1.807, 2.05) is 30.8 Å². The molecule has 1 aromatic rings. The van der Waals surface area contributed by atoms with Crippen LogP contribution in [0.1, 0.15) is 31.4 Å². The summed E-state index contributed by atoms with van der Waals surface area (Å²) >= 11 is 1.91. The van der Waals surface area contributed by atoms with E-state index in [-0.39, 0.29) is 0 Å². The second-order valence-corrected chi connectivity index (χ2v) is 5.17. The number of thioether (sulfide) groups is 1. The van der Waals surface area contributed by atoms with E-state index >= 15 is 0 Å². The third-order valence-electron chi connectivity index (χ3n) is 2.69. The zero-order chi connectivity index (χ0) is 9.97. The number of nitrogens with zero attached hydrogens (tertiary/aromatic N) is 1. The Morgan fingerprint density at radius 2 is 2.07 bits per heavy atom. The van der Waals surface area contributed by atoms with Crippen molar-refractivity contribution in [1.29, 1.82) is 0 Å². The molecule has 3 heteroatoms. The molecule has 0 spiro atoms. The molecule has 0 saturated heterocycles. The molecule has 1 aromatic heterocycles. The van der Waals surface area contributed by atoms with Gasteiger partial charge in [-0.1, -0.05) is 12.8 Å². The number of hydrogen-bond donors (Lipinski definition) is 1. The third-order valence-corrected chi connectivity index (χ3v) is 3.96. The molecule has 0 atom stereocenters. The molecule has 0 aromatic carbocycles. The monoisotopic (exact) mass is 208 g/mol. The molecule has 2 nitrogen and oxygen atoms in total. The molecule has 0 unspecified atom stereocenters. The predicted octanol–water partition coefficient (Wildman–Crippen LogP) is 3.01. The van der Waals surface area contributed by atoms with Gasteiger partial charge in [0.1, 0.15) is 0 Å². The van der Waals surface area contributed by atoms with Gasteiger partial charge in [-0.15, -0.1) is 11.8 Å². The lowest BCUT2D eigenvalue weighted by atomic mass is 10.3. The summed E-state index contributed by atoms with van der Waals surface area (Å²) in [6, 6.07) is 3.99. The SMILES string of the molecule is Cc1nc(SC2CCCC2)ccc1N. The molecule has 0 radical (unpaired) electrons. The Labute approximate surface area is 89.3 Å². The maximum absolute atomic E-state index is 5.73. The summed E-state index contributed by atoms with van der Waals surface area (Å²) in [5.41, 5.74) is 7.47. The highest BCUT2D eigenvalue weighted by atomic mass is 32.2. The number of aromatic nitrogens is 1. The highest BCUT2D eigenvalue weighted by Crippen LogP contribution is 2.34. The van der Waals surface area contributed by atoms with E-state index in [9.17, 15) is 0 Å². The zero-order valence-corrected chi connectivity index (χ0v) is 9.31. The van der Waals surface area contributed by atoms with Crippen LogP contribution in [0.3, 0.4) is 0 Å². The number of nitrogen functional groups attached to an aromatic ring is 1. The number of hydrogen-bond acceptors (Lipinski definition) is 3. The number of nitrogens with two attached hydrogens (primary N) is 1. The minimum Gasteiger partial charge on any atom is -0.397 e. The van der Waals surface area contributed by atoms with Crippen molar-refractivity contribution in [2.24, 2.45) is 0 Å². The van der Waals surface area contributed by atoms with Crippen LogP contribution in [0.4, 0.5) is 5.69 Å². The van der Waals surface area contributed by atoms with Gasteiger partial charge in [0.05, 0.1) is 16.4 Å². The van der Waals surface area contributed by atoms with Crippen LogP contribution in [0.25, 0.3) is 0 Å². The van der Waals surface area contributed by atoms with Crippen molar-refractivity contribution in [1.82, 2.24) is 4.98 Å². The average molecular weight is 208 g/mol. The topological polar surface area (TPSA) is 38.9 Å². The maximum Gasteiger partial charge on any atom is 0.0967 e. The van der Waals surface area contributed by atoms with Crippen LogP contribution in [0.2, 0.25) is 0 Å². The number of aryl methyl sites for hydroxylation is 1. The Morgan fingerprint density at radius 1 is 1.36 bits per heavy atom. The molecule has 0 aliphatic heterocycles. The first-order valence-corrected chi connectivity index (χ1v) is 6.03. The van der Waals surface area contributed by atoms with Crippen molar-refractivity contribution in [2.45, 2.75) is 42.9 Å². The van der Waals surface area contributed by atoms with Gasteiger partial charge in [-0.3, -0.25) is 0 Å². The van der Waals surface area contributed by atoms with Crippen molar-refractivity contribution in [3.05, 3.63) is 17.8 Å². The first kappa shape index (κ1) is 9.84. The fourth-order valence-electron chi connectivity index (χ4n) is 1.79. The van der Waals surface area contributed by atoms with Crippen LogP contribution in [-0.4, -0.2) is 10.2 Å². The fourth-order valence-corrected chi connectivity index (χ4v) is 3.04. The average Bonchev–Trinajstić information content (AvgIpc) is 2.64. The summed E-state index contributed by atoms with van der Waals surface area (Å²) in [7, 11) is 0. The number of pyridine rings is 1. The van der Waals surface area contributed by atoms with E-state index < -0.39 is 0 Å².